The lowest BCUT2D eigenvalue weighted by Crippen LogP contribution is -1.99. The first-order valence-corrected chi connectivity index (χ1v) is 5.49. The molecule has 0 bridgehead atoms. The number of methoxy groups -OCH3 is 1. The fourth-order valence-electron chi connectivity index (χ4n) is 1.68. The van der Waals surface area contributed by atoms with Crippen molar-refractivity contribution in [2.45, 2.75) is 18.9 Å². The van der Waals surface area contributed by atoms with Crippen molar-refractivity contribution in [3.05, 3.63) is 18.6 Å². The molecule has 6 heteroatoms. The Balaban J connectivity index is 1.96. The first-order chi connectivity index (χ1) is 8.28. The lowest BCUT2D eigenvalue weighted by atomic mass is 10.3. The van der Waals surface area contributed by atoms with Crippen molar-refractivity contribution in [2.24, 2.45) is 0 Å². The van der Waals surface area contributed by atoms with Gasteiger partial charge in [0.25, 0.3) is 5.88 Å². The van der Waals surface area contributed by atoms with Gasteiger partial charge in [0.2, 0.25) is 0 Å². The molecule has 0 saturated heterocycles. The third kappa shape index (κ3) is 1.82. The number of nitrogens with zero attached hydrogens (tertiary/aromatic N) is 4. The van der Waals surface area contributed by atoms with E-state index < -0.39 is 0 Å². The van der Waals surface area contributed by atoms with E-state index in [1.807, 2.05) is 10.9 Å². The van der Waals surface area contributed by atoms with Crippen LogP contribution in [-0.4, -0.2) is 26.9 Å². The molecule has 17 heavy (non-hydrogen) atoms. The van der Waals surface area contributed by atoms with Crippen molar-refractivity contribution in [2.75, 3.05) is 12.8 Å². The average molecular weight is 231 g/mol. The molecule has 3 rings (SSSR count). The van der Waals surface area contributed by atoms with Crippen LogP contribution in [0, 0.1) is 0 Å². The maximum Gasteiger partial charge on any atom is 0.257 e. The van der Waals surface area contributed by atoms with Crippen molar-refractivity contribution in [3.63, 3.8) is 0 Å². The van der Waals surface area contributed by atoms with E-state index in [9.17, 15) is 0 Å². The summed E-state index contributed by atoms with van der Waals surface area (Å²) in [6, 6.07) is 0.562. The number of ether oxygens (including phenoxy) is 1. The third-order valence-corrected chi connectivity index (χ3v) is 2.78. The maximum atomic E-state index is 5.62. The van der Waals surface area contributed by atoms with Crippen LogP contribution >= 0.6 is 0 Å². The molecular weight excluding hydrogens is 218 g/mol. The lowest BCUT2D eigenvalue weighted by Gasteiger charge is -2.03. The van der Waals surface area contributed by atoms with Crippen LogP contribution in [0.3, 0.4) is 0 Å². The van der Waals surface area contributed by atoms with Gasteiger partial charge < -0.3 is 10.5 Å². The van der Waals surface area contributed by atoms with E-state index in [0.29, 0.717) is 17.7 Å². The van der Waals surface area contributed by atoms with Gasteiger partial charge >= 0.3 is 0 Å². The van der Waals surface area contributed by atoms with E-state index in [1.165, 1.54) is 20.0 Å². The number of anilines is 1. The molecule has 2 aromatic heterocycles. The first-order valence-electron chi connectivity index (χ1n) is 5.49. The van der Waals surface area contributed by atoms with Crippen molar-refractivity contribution in [1.29, 1.82) is 0 Å². The zero-order chi connectivity index (χ0) is 11.8. The van der Waals surface area contributed by atoms with Crippen LogP contribution in [0.5, 0.6) is 5.88 Å². The number of rotatable bonds is 3. The van der Waals surface area contributed by atoms with E-state index >= 15 is 0 Å². The van der Waals surface area contributed by atoms with Crippen molar-refractivity contribution < 1.29 is 4.74 Å². The van der Waals surface area contributed by atoms with Gasteiger partial charge in [-0.1, -0.05) is 0 Å². The molecule has 0 aliphatic heterocycles. The van der Waals surface area contributed by atoms with Gasteiger partial charge in [-0.2, -0.15) is 5.10 Å². The predicted molar refractivity (Wildman–Crippen MR) is 62.5 cm³/mol. The van der Waals surface area contributed by atoms with Crippen LogP contribution < -0.4 is 10.5 Å². The van der Waals surface area contributed by atoms with Gasteiger partial charge in [0.1, 0.15) is 0 Å². The van der Waals surface area contributed by atoms with Crippen LogP contribution in [0.15, 0.2) is 18.6 Å². The lowest BCUT2D eigenvalue weighted by molar-refractivity contribution is 0.399. The standard InChI is InChI=1S/C11H13N5O/c1-17-11-10(12)13-5-9(15-11)7-4-14-16(6-7)8-2-3-8/h4-6,8H,2-3H2,1H3,(H2,12,13). The second kappa shape index (κ2) is 3.73. The first kappa shape index (κ1) is 10.1. The Morgan fingerprint density at radius 1 is 1.41 bits per heavy atom. The van der Waals surface area contributed by atoms with Crippen molar-refractivity contribution in [1.82, 2.24) is 19.7 Å². The van der Waals surface area contributed by atoms with Crippen LogP contribution in [0.25, 0.3) is 11.3 Å². The summed E-state index contributed by atoms with van der Waals surface area (Å²) in [6.45, 7) is 0. The summed E-state index contributed by atoms with van der Waals surface area (Å²) in [5.74, 6) is 0.646. The Bertz CT molecular complexity index is 547. The minimum atomic E-state index is 0.297. The Kier molecular flexibility index (Phi) is 2.21. The maximum absolute atomic E-state index is 5.62. The normalized spacial score (nSPS) is 14.9. The zero-order valence-corrected chi connectivity index (χ0v) is 9.50. The van der Waals surface area contributed by atoms with E-state index in [1.54, 1.807) is 12.4 Å². The molecule has 1 fully saturated rings. The van der Waals surface area contributed by atoms with Gasteiger partial charge in [0.05, 0.1) is 31.2 Å². The van der Waals surface area contributed by atoms with E-state index in [2.05, 4.69) is 15.1 Å². The summed E-state index contributed by atoms with van der Waals surface area (Å²) in [4.78, 5) is 8.34. The molecule has 6 nitrogen and oxygen atoms in total. The zero-order valence-electron chi connectivity index (χ0n) is 9.50. The SMILES string of the molecule is COc1nc(-c2cnn(C3CC3)c2)cnc1N. The summed E-state index contributed by atoms with van der Waals surface area (Å²) in [7, 11) is 1.53. The summed E-state index contributed by atoms with van der Waals surface area (Å²) in [6.07, 6.45) is 7.82. The number of nitrogens with two attached hydrogens (primary N) is 1. The molecule has 0 unspecified atom stereocenters. The van der Waals surface area contributed by atoms with E-state index in [4.69, 9.17) is 10.5 Å². The van der Waals surface area contributed by atoms with Crippen LogP contribution in [-0.2, 0) is 0 Å². The minimum Gasteiger partial charge on any atom is -0.478 e. The highest BCUT2D eigenvalue weighted by Gasteiger charge is 2.24. The highest BCUT2D eigenvalue weighted by Crippen LogP contribution is 2.35. The number of nitrogen functional groups attached to an aromatic ring is 1. The molecule has 0 amide bonds. The molecule has 2 aromatic rings. The molecule has 1 saturated carbocycles. The minimum absolute atomic E-state index is 0.297. The molecule has 88 valence electrons. The van der Waals surface area contributed by atoms with Gasteiger partial charge in [-0.15, -0.1) is 0 Å². The predicted octanol–water partition coefficient (Wildman–Crippen LogP) is 1.27. The fourth-order valence-corrected chi connectivity index (χ4v) is 1.68. The molecule has 0 atom stereocenters. The van der Waals surface area contributed by atoms with E-state index in [0.717, 1.165) is 11.3 Å². The monoisotopic (exact) mass is 231 g/mol. The number of hydrogen-bond donors (Lipinski definition) is 1. The Hall–Kier alpha value is -2.11. The van der Waals surface area contributed by atoms with Crippen molar-refractivity contribution >= 4 is 5.82 Å². The van der Waals surface area contributed by atoms with Gasteiger partial charge in [-0.25, -0.2) is 9.97 Å². The second-order valence-corrected chi connectivity index (χ2v) is 4.09. The molecule has 1 aliphatic carbocycles. The Morgan fingerprint density at radius 2 is 2.24 bits per heavy atom. The quantitative estimate of drug-likeness (QED) is 0.860. The highest BCUT2D eigenvalue weighted by atomic mass is 16.5. The molecule has 2 heterocycles. The average Bonchev–Trinajstić information content (AvgIpc) is 3.08. The number of aromatic nitrogens is 4. The molecule has 0 radical (unpaired) electrons. The summed E-state index contributed by atoms with van der Waals surface area (Å²) >= 11 is 0. The number of hydrogen-bond acceptors (Lipinski definition) is 5. The fraction of sp³-hybridized carbons (Fsp3) is 0.364. The van der Waals surface area contributed by atoms with Gasteiger partial charge in [-0.05, 0) is 12.8 Å². The summed E-state index contributed by atoms with van der Waals surface area (Å²) in [5, 5.41) is 4.31. The smallest absolute Gasteiger partial charge is 0.257 e. The molecule has 0 spiro atoms. The van der Waals surface area contributed by atoms with Gasteiger partial charge in [-0.3, -0.25) is 4.68 Å². The molecule has 2 N–H and O–H groups in total. The molecule has 1 aliphatic rings. The van der Waals surface area contributed by atoms with Gasteiger partial charge in [0.15, 0.2) is 5.82 Å². The Morgan fingerprint density at radius 3 is 2.94 bits per heavy atom. The highest BCUT2D eigenvalue weighted by molar-refractivity contribution is 5.58. The molecular formula is C11H13N5O. The Labute approximate surface area is 98.4 Å². The second-order valence-electron chi connectivity index (χ2n) is 4.09. The third-order valence-electron chi connectivity index (χ3n) is 2.78. The van der Waals surface area contributed by atoms with Crippen LogP contribution in [0.2, 0.25) is 0 Å². The summed E-state index contributed by atoms with van der Waals surface area (Å²) < 4.78 is 7.02. The van der Waals surface area contributed by atoms with Gasteiger partial charge in [0, 0.05) is 11.8 Å². The topological polar surface area (TPSA) is 78.9 Å². The molecule has 0 aromatic carbocycles. The van der Waals surface area contributed by atoms with Crippen LogP contribution in [0.1, 0.15) is 18.9 Å². The van der Waals surface area contributed by atoms with Crippen LogP contribution in [0.4, 0.5) is 5.82 Å². The van der Waals surface area contributed by atoms with Crippen molar-refractivity contribution in [3.8, 4) is 17.1 Å². The summed E-state index contributed by atoms with van der Waals surface area (Å²) in [5.41, 5.74) is 7.28. The van der Waals surface area contributed by atoms with E-state index in [-0.39, 0.29) is 0 Å². The largest absolute Gasteiger partial charge is 0.478 e.